The number of benzene rings is 7. The van der Waals surface area contributed by atoms with Crippen LogP contribution in [0, 0.1) is 18.3 Å². The van der Waals surface area contributed by atoms with Crippen LogP contribution in [0.5, 0.6) is 69.0 Å². The quantitative estimate of drug-likeness (QED) is 0.0370. The zero-order valence-electron chi connectivity index (χ0n) is 72.3. The molecule has 0 aliphatic carbocycles. The van der Waals surface area contributed by atoms with Gasteiger partial charge in [-0.15, -0.1) is 6.42 Å². The number of aliphatic hydroxyl groups excluding tert-OH is 9. The van der Waals surface area contributed by atoms with Crippen LogP contribution in [0.2, 0.25) is 10.0 Å². The fourth-order valence-corrected chi connectivity index (χ4v) is 17.2. The minimum Gasteiger partial charge on any atom is -0.508 e. The number of carboxylic acids is 1. The van der Waals surface area contributed by atoms with Crippen LogP contribution in [-0.2, 0) is 73.3 Å². The van der Waals surface area contributed by atoms with E-state index in [-0.39, 0.29) is 39.8 Å². The molecular formula is C91H98Cl2N10O33. The van der Waals surface area contributed by atoms with E-state index in [1.807, 2.05) is 0 Å². The molecule has 0 aromatic heterocycles. The molecule has 9 aliphatic rings. The van der Waals surface area contributed by atoms with E-state index < -0.39 is 321 Å². The zero-order chi connectivity index (χ0) is 97.9. The molecular weight excluding hydrogens is 1830 g/mol. The Morgan fingerprint density at radius 2 is 1.13 bits per heavy atom. The second-order valence-corrected chi connectivity index (χ2v) is 34.6. The number of aliphatic carboxylic acids is 1. The Bertz CT molecular complexity index is 5810. The first-order valence-electron chi connectivity index (χ1n) is 43.0. The number of nitrogens with one attached hydrogen (secondary N) is 9. The Hall–Kier alpha value is -13.0. The van der Waals surface area contributed by atoms with Crippen molar-refractivity contribution in [1.29, 1.82) is 0 Å². The van der Waals surface area contributed by atoms with Crippen molar-refractivity contribution in [3.8, 4) is 92.5 Å². The van der Waals surface area contributed by atoms with Gasteiger partial charge in [-0.25, -0.2) is 4.79 Å². The first kappa shape index (κ1) is 99.0. The van der Waals surface area contributed by atoms with Gasteiger partial charge in [0, 0.05) is 48.6 Å². The number of aliphatic hydroxyl groups is 9. The molecule has 0 saturated carbocycles. The zero-order valence-corrected chi connectivity index (χ0v) is 73.8. The maximum absolute atomic E-state index is 17.1. The molecule has 0 unspecified atom stereocenters. The van der Waals surface area contributed by atoms with Crippen LogP contribution in [0.15, 0.2) is 115 Å². The normalized spacial score (nSPS) is 28.3. The van der Waals surface area contributed by atoms with Crippen LogP contribution >= 0.6 is 23.2 Å². The maximum Gasteiger partial charge on any atom is 0.330 e. The smallest absolute Gasteiger partial charge is 0.330 e. The summed E-state index contributed by atoms with van der Waals surface area (Å²) in [4.78, 5) is 153. The Kier molecular flexibility index (Phi) is 30.6. The number of halogens is 2. The summed E-state index contributed by atoms with van der Waals surface area (Å²) in [6.07, 6.45) is -21.7. The molecule has 3 saturated heterocycles. The number of carboxylic acid groups (broad SMARTS) is 1. The lowest BCUT2D eigenvalue weighted by atomic mass is 9.89. The first-order valence-corrected chi connectivity index (χ1v) is 43.7. The van der Waals surface area contributed by atoms with Gasteiger partial charge < -0.3 is 168 Å². The number of fused-ring (bicyclic) bond motifs is 14. The van der Waals surface area contributed by atoms with Gasteiger partial charge in [-0.05, 0) is 125 Å². The number of terminal acetylenes is 1. The average molecular weight is 1930 g/mol. The fourth-order valence-electron chi connectivity index (χ4n) is 16.7. The Labute approximate surface area is 782 Å². The van der Waals surface area contributed by atoms with Gasteiger partial charge in [-0.3, -0.25) is 43.2 Å². The largest absolute Gasteiger partial charge is 0.508 e. The first-order chi connectivity index (χ1) is 64.8. The van der Waals surface area contributed by atoms with Gasteiger partial charge in [0.2, 0.25) is 65.6 Å². The lowest BCUT2D eigenvalue weighted by Gasteiger charge is -2.44. The third-order valence-corrected chi connectivity index (χ3v) is 24.3. The number of rotatable bonds is 20. The lowest BCUT2D eigenvalue weighted by molar-refractivity contribution is -0.284. The maximum atomic E-state index is 17.1. The molecule has 43 nitrogen and oxygen atoms in total. The SMILES string of the molecule is C#CCNC(=O)[C@H]1O[C@@H](Oc2c3cc4cc2Oc2ccc(cc2Cl)[C@@H](O[C@@H]2O[C@H](CO)[C@@H](O)[C@H](O)[C@H]2NC(C)=O)[C@@H]2NC(=O)[C@H](NC(=O)[C@@H]4NC(=O)[C@H]4NC(=O)[C@@H](Cc5ccc(c(Cl)c5)O3)NC(=O)[C@H](N)c3ccc(O)c(c3)Oc3cc(O)cc4c3)c3ccc(O)c(c3)-c3c(O[C@H]4O[C@H](CO)[C@@H](O)[C@H](O)[C@@H]4O)cc(O)cc3[C@@H](C(=O)O)NC2=O)[C@H](NC(=O)CCCCCCC(C)C)[C@@H](O)[C@@H]1O. The Morgan fingerprint density at radius 1 is 0.544 bits per heavy atom. The second-order valence-electron chi connectivity index (χ2n) is 33.8. The molecule has 45 heteroatoms. The Morgan fingerprint density at radius 3 is 1.79 bits per heavy atom. The number of unbranched alkanes of at least 4 members (excludes halogenated alkanes) is 3. The third kappa shape index (κ3) is 21.6. The van der Waals surface area contributed by atoms with Gasteiger partial charge >= 0.3 is 5.97 Å². The summed E-state index contributed by atoms with van der Waals surface area (Å²) in [5.41, 5.74) is 2.62. The van der Waals surface area contributed by atoms with Gasteiger partial charge in [0.15, 0.2) is 41.4 Å². The van der Waals surface area contributed by atoms with Crippen molar-refractivity contribution >= 4 is 82.3 Å². The summed E-state index contributed by atoms with van der Waals surface area (Å²) in [7, 11) is 0. The molecule has 16 rings (SSSR count). The van der Waals surface area contributed by atoms with Gasteiger partial charge in [-0.2, -0.15) is 0 Å². The predicted octanol–water partition coefficient (Wildman–Crippen LogP) is 0.777. The van der Waals surface area contributed by atoms with Crippen molar-refractivity contribution in [2.24, 2.45) is 11.7 Å². The Balaban J connectivity index is 1.05. The molecule has 7 aromatic rings. The number of carbonyl (C=O) groups excluding carboxylic acids is 9. The van der Waals surface area contributed by atoms with E-state index >= 15 is 24.0 Å². The monoisotopic (exact) mass is 1930 g/mol. The molecule has 136 heavy (non-hydrogen) atoms. The van der Waals surface area contributed by atoms with Crippen LogP contribution in [0.3, 0.4) is 0 Å². The number of nitrogens with two attached hydrogens (primary N) is 1. The fraction of sp³-hybridized carbons (Fsp3) is 0.407. The van der Waals surface area contributed by atoms with Gasteiger partial charge in [0.05, 0.1) is 29.8 Å². The number of hydrogen-bond donors (Lipinski definition) is 24. The molecule has 0 spiro atoms. The molecule has 17 bridgehead atoms. The van der Waals surface area contributed by atoms with Crippen LogP contribution in [0.25, 0.3) is 11.1 Å². The van der Waals surface area contributed by atoms with Crippen molar-refractivity contribution in [3.05, 3.63) is 164 Å². The number of hydrogen-bond acceptors (Lipinski definition) is 33. The summed E-state index contributed by atoms with van der Waals surface area (Å²) in [6, 6.07) is 0.0394. The molecule has 3 fully saturated rings. The van der Waals surface area contributed by atoms with Crippen LogP contribution in [-0.4, -0.2) is 254 Å². The third-order valence-electron chi connectivity index (χ3n) is 23.7. The van der Waals surface area contributed by atoms with E-state index in [1.54, 1.807) is 0 Å². The van der Waals surface area contributed by atoms with Crippen LogP contribution in [0.4, 0.5) is 0 Å². The van der Waals surface area contributed by atoms with Crippen molar-refractivity contribution in [2.75, 3.05) is 19.8 Å². The molecule has 9 amide bonds. The minimum atomic E-state index is -2.61. The number of ether oxygens (including phenoxy) is 9. The highest BCUT2D eigenvalue weighted by Gasteiger charge is 2.53. The number of phenolic OH excluding ortho intramolecular Hbond substituents is 4. The number of carbonyl (C=O) groups is 10. The van der Waals surface area contributed by atoms with Crippen molar-refractivity contribution < 1.29 is 162 Å². The molecule has 0 radical (unpaired) electrons. The van der Waals surface area contributed by atoms with E-state index in [2.05, 4.69) is 67.6 Å². The van der Waals surface area contributed by atoms with Crippen molar-refractivity contribution in [1.82, 2.24) is 47.9 Å². The molecule has 7 aromatic carbocycles. The highest BCUT2D eigenvalue weighted by Crippen LogP contribution is 2.51. The molecule has 9 heterocycles. The summed E-state index contributed by atoms with van der Waals surface area (Å²) in [5.74, 6) is -18.7. The summed E-state index contributed by atoms with van der Waals surface area (Å²) < 4.78 is 57.7. The van der Waals surface area contributed by atoms with Gasteiger partial charge in [0.1, 0.15) is 150 Å². The second kappa shape index (κ2) is 42.1. The summed E-state index contributed by atoms with van der Waals surface area (Å²) in [6.45, 7) is 2.46. The molecule has 23 atom stereocenters. The van der Waals surface area contributed by atoms with E-state index in [9.17, 15) is 95.5 Å². The van der Waals surface area contributed by atoms with E-state index in [0.717, 1.165) is 111 Å². The standard InChI is InChI=1S/C91H98Cl2N10O33/c1-5-20-95-87(125)80-76(117)74(115)69(98-61(111)11-9-7-6-8-10-35(2)3)90(136-80)135-79-57-28-42-29-58(79)130-54-19-15-40(26-49(54)93)78(134-89-68(96-36(4)106)73(114)71(112)59(33-104)132-89)70-86(124)102-67(88(126)127)47-31-44(108)32-56(131-91-77(118)75(116)72(113)60(34-105)133-91)62(47)46-25-39(14-16-51(46)109)64(83(121)103-70)100-85(123)66(42)101-84(122)65-41-23-43(107)30-45(24-41)128-55-27-38(13-17-52(55)110)63(94)82(120)97-50(81(119)99-65)22-37-12-18-53(129-57)48(92)21-37/h1,12-19,21,23-32,35,50,59-60,63-78,80,89-91,104-105,107-110,112-118H,6-11,20,22,33-34,94H2,2-4H3,(H,95,125)(H,96,106)(H,97,120)(H,98,111)(H,99,119)(H,100,123)(H,101,122)(H,102,124)(H,103,121)(H,126,127)/t50-,59-,60-,63-,64-,65+,66-,67+,68-,69-,70+,71-,72-,73-,74-,75+,76+,77+,78-,80+,89+,90-,91+/m1/s1. The van der Waals surface area contributed by atoms with Gasteiger partial charge in [-0.1, -0.05) is 92.9 Å². The number of amides is 9. The van der Waals surface area contributed by atoms with Crippen LogP contribution in [0.1, 0.15) is 135 Å². The van der Waals surface area contributed by atoms with E-state index in [0.29, 0.717) is 18.8 Å². The molecule has 25 N–H and O–H groups in total. The van der Waals surface area contributed by atoms with E-state index in [4.69, 9.17) is 78.0 Å². The molecule has 9 aliphatic heterocycles. The average Bonchev–Trinajstić information content (AvgIpc) is 0.755. The predicted molar refractivity (Wildman–Crippen MR) is 468 cm³/mol. The number of phenols is 4. The highest BCUT2D eigenvalue weighted by atomic mass is 35.5. The van der Waals surface area contributed by atoms with Crippen LogP contribution < -0.4 is 77.3 Å². The number of aromatic hydroxyl groups is 4. The summed E-state index contributed by atoms with van der Waals surface area (Å²) in [5, 5.41) is 182. The summed E-state index contributed by atoms with van der Waals surface area (Å²) >= 11 is 14.8. The highest BCUT2D eigenvalue weighted by molar-refractivity contribution is 6.32. The van der Waals surface area contributed by atoms with Crippen molar-refractivity contribution in [3.63, 3.8) is 0 Å². The topological polar surface area (TPSA) is 671 Å². The molecule has 724 valence electrons. The van der Waals surface area contributed by atoms with E-state index in [1.165, 1.54) is 30.3 Å². The lowest BCUT2D eigenvalue weighted by Crippen LogP contribution is -2.67. The van der Waals surface area contributed by atoms with Crippen molar-refractivity contribution in [2.45, 2.75) is 206 Å². The minimum absolute atomic E-state index is 0.0148. The van der Waals surface area contributed by atoms with Gasteiger partial charge in [0.25, 0.3) is 5.91 Å².